The van der Waals surface area contributed by atoms with Crippen molar-refractivity contribution in [3.8, 4) is 0 Å². The van der Waals surface area contributed by atoms with E-state index >= 15 is 0 Å². The second kappa shape index (κ2) is 7.79. The van der Waals surface area contributed by atoms with Gasteiger partial charge in [-0.3, -0.25) is 9.69 Å². The van der Waals surface area contributed by atoms with E-state index in [0.29, 0.717) is 0 Å². The van der Waals surface area contributed by atoms with Gasteiger partial charge in [-0.15, -0.1) is 11.8 Å². The van der Waals surface area contributed by atoms with Crippen molar-refractivity contribution >= 4 is 23.2 Å². The molecule has 3 rings (SSSR count). The van der Waals surface area contributed by atoms with Crippen LogP contribution in [-0.4, -0.2) is 42.2 Å². The molecule has 0 amide bonds. The van der Waals surface area contributed by atoms with Gasteiger partial charge in [0, 0.05) is 4.90 Å². The first-order valence-electron chi connectivity index (χ1n) is 9.12. The first-order valence-corrected chi connectivity index (χ1v) is 10.00. The third kappa shape index (κ3) is 3.56. The number of hydrogen-bond donors (Lipinski definition) is 0. The summed E-state index contributed by atoms with van der Waals surface area (Å²) >= 11 is 1.73. The number of hydrogen-bond acceptors (Lipinski definition) is 4. The van der Waals surface area contributed by atoms with Gasteiger partial charge in [0.25, 0.3) is 0 Å². The lowest BCUT2D eigenvalue weighted by Gasteiger charge is -2.49. The molecular weight excluding hydrogens is 328 g/mol. The standard InChI is InChI=1S/C21H28N2OS/c1-5-19(22(3)4)23-17-13-9-10-14-18(17)25-21(15(2)24)20(23)16-11-7-6-8-12-16/h7,9-14,19-21H,5-6,8H2,1-4H3. The Morgan fingerprint density at radius 3 is 2.68 bits per heavy atom. The minimum absolute atomic E-state index is 0.0714. The van der Waals surface area contributed by atoms with E-state index in [0.717, 1.165) is 19.3 Å². The van der Waals surface area contributed by atoms with Crippen molar-refractivity contribution in [3.05, 3.63) is 48.1 Å². The fourth-order valence-electron chi connectivity index (χ4n) is 3.92. The molecule has 0 saturated carbocycles. The average molecular weight is 357 g/mol. The highest BCUT2D eigenvalue weighted by atomic mass is 32.2. The Kier molecular flexibility index (Phi) is 5.70. The van der Waals surface area contributed by atoms with Gasteiger partial charge >= 0.3 is 0 Å². The van der Waals surface area contributed by atoms with Gasteiger partial charge in [0.05, 0.1) is 23.1 Å². The molecule has 0 bridgehead atoms. The molecule has 0 radical (unpaired) electrons. The van der Waals surface area contributed by atoms with Crippen LogP contribution in [0.25, 0.3) is 0 Å². The van der Waals surface area contributed by atoms with Crippen LogP contribution in [0.2, 0.25) is 0 Å². The molecule has 1 aliphatic carbocycles. The number of benzene rings is 1. The number of fused-ring (bicyclic) bond motifs is 1. The third-order valence-corrected chi connectivity index (χ3v) is 6.47. The van der Waals surface area contributed by atoms with E-state index in [1.54, 1.807) is 18.7 Å². The van der Waals surface area contributed by atoms with Crippen molar-refractivity contribution in [2.45, 2.75) is 55.5 Å². The molecule has 1 heterocycles. The Hall–Kier alpha value is -1.52. The summed E-state index contributed by atoms with van der Waals surface area (Å²) in [6.45, 7) is 3.96. The number of carbonyl (C=O) groups is 1. The van der Waals surface area contributed by atoms with Crippen molar-refractivity contribution in [2.75, 3.05) is 19.0 Å². The summed E-state index contributed by atoms with van der Waals surface area (Å²) in [5.41, 5.74) is 2.53. The second-order valence-corrected chi connectivity index (χ2v) is 8.19. The van der Waals surface area contributed by atoms with E-state index in [9.17, 15) is 4.79 Å². The van der Waals surface area contributed by atoms with Crippen LogP contribution >= 0.6 is 11.8 Å². The van der Waals surface area contributed by atoms with Crippen LogP contribution in [0.5, 0.6) is 0 Å². The Labute approximate surface area is 155 Å². The number of thioether (sulfide) groups is 1. The van der Waals surface area contributed by atoms with Crippen molar-refractivity contribution < 1.29 is 4.79 Å². The molecule has 1 aromatic carbocycles. The van der Waals surface area contributed by atoms with Crippen molar-refractivity contribution in [3.63, 3.8) is 0 Å². The predicted molar refractivity (Wildman–Crippen MR) is 107 cm³/mol. The Morgan fingerprint density at radius 2 is 2.08 bits per heavy atom. The zero-order valence-corrected chi connectivity index (χ0v) is 16.4. The van der Waals surface area contributed by atoms with E-state index < -0.39 is 0 Å². The molecule has 0 spiro atoms. The Bertz CT molecular complexity index is 695. The average Bonchev–Trinajstić information content (AvgIpc) is 2.62. The number of allylic oxidation sites excluding steroid dienone is 2. The smallest absolute Gasteiger partial charge is 0.145 e. The van der Waals surface area contributed by atoms with Crippen LogP contribution in [0.1, 0.15) is 33.1 Å². The zero-order valence-electron chi connectivity index (χ0n) is 15.6. The highest BCUT2D eigenvalue weighted by Crippen LogP contribution is 2.46. The maximum Gasteiger partial charge on any atom is 0.145 e. The summed E-state index contributed by atoms with van der Waals surface area (Å²) in [7, 11) is 4.26. The van der Waals surface area contributed by atoms with E-state index in [1.165, 1.54) is 16.2 Å². The molecule has 3 unspecified atom stereocenters. The largest absolute Gasteiger partial charge is 0.346 e. The van der Waals surface area contributed by atoms with Crippen LogP contribution in [0.3, 0.4) is 0 Å². The molecule has 1 aromatic rings. The fourth-order valence-corrected chi connectivity index (χ4v) is 5.23. The van der Waals surface area contributed by atoms with Crippen LogP contribution in [-0.2, 0) is 4.79 Å². The van der Waals surface area contributed by atoms with Gasteiger partial charge in [0.15, 0.2) is 0 Å². The molecule has 4 heteroatoms. The number of nitrogens with zero attached hydrogens (tertiary/aromatic N) is 2. The van der Waals surface area contributed by atoms with Gasteiger partial charge in [0.1, 0.15) is 5.78 Å². The van der Waals surface area contributed by atoms with Gasteiger partial charge in [-0.25, -0.2) is 0 Å². The molecule has 2 aliphatic rings. The van der Waals surface area contributed by atoms with E-state index in [-0.39, 0.29) is 23.2 Å². The van der Waals surface area contributed by atoms with Crippen LogP contribution < -0.4 is 4.90 Å². The van der Waals surface area contributed by atoms with Gasteiger partial charge in [0.2, 0.25) is 0 Å². The topological polar surface area (TPSA) is 23.6 Å². The normalized spacial score (nSPS) is 24.0. The molecule has 0 fully saturated rings. The summed E-state index contributed by atoms with van der Waals surface area (Å²) in [4.78, 5) is 18.5. The number of carbonyl (C=O) groups excluding carboxylic acids is 1. The van der Waals surface area contributed by atoms with E-state index in [4.69, 9.17) is 0 Å². The number of para-hydroxylation sites is 1. The SMILES string of the molecule is CCC(N(C)C)N1c2ccccc2SC(C(C)=O)C1C1=CCCC=C1. The molecule has 134 valence electrons. The van der Waals surface area contributed by atoms with Crippen LogP contribution in [0, 0.1) is 0 Å². The molecule has 25 heavy (non-hydrogen) atoms. The van der Waals surface area contributed by atoms with Crippen LogP contribution in [0.4, 0.5) is 5.69 Å². The Balaban J connectivity index is 2.16. The molecule has 1 aliphatic heterocycles. The lowest BCUT2D eigenvalue weighted by molar-refractivity contribution is -0.116. The van der Waals surface area contributed by atoms with Crippen molar-refractivity contribution in [1.82, 2.24) is 4.90 Å². The van der Waals surface area contributed by atoms with Gasteiger partial charge in [-0.2, -0.15) is 0 Å². The monoisotopic (exact) mass is 356 g/mol. The number of ketones is 1. The number of Topliss-reactive ketones (excluding diaryl/α,β-unsaturated/α-hetero) is 1. The van der Waals surface area contributed by atoms with E-state index in [2.05, 4.69) is 73.3 Å². The van der Waals surface area contributed by atoms with Gasteiger partial charge < -0.3 is 4.90 Å². The number of rotatable bonds is 5. The fraction of sp³-hybridized carbons (Fsp3) is 0.476. The number of anilines is 1. The summed E-state index contributed by atoms with van der Waals surface area (Å²) in [6.07, 6.45) is 10.2. The highest BCUT2D eigenvalue weighted by Gasteiger charge is 2.42. The summed E-state index contributed by atoms with van der Waals surface area (Å²) in [5, 5.41) is -0.0714. The quantitative estimate of drug-likeness (QED) is 0.775. The summed E-state index contributed by atoms with van der Waals surface area (Å²) in [6, 6.07) is 8.60. The lowest BCUT2D eigenvalue weighted by Crippen LogP contribution is -2.57. The molecule has 0 aromatic heterocycles. The maximum atomic E-state index is 12.6. The summed E-state index contributed by atoms with van der Waals surface area (Å²) < 4.78 is 0. The van der Waals surface area contributed by atoms with Crippen molar-refractivity contribution in [1.29, 1.82) is 0 Å². The maximum absolute atomic E-state index is 12.6. The molecular formula is C21H28N2OS. The molecule has 0 saturated heterocycles. The second-order valence-electron chi connectivity index (χ2n) is 7.01. The first-order chi connectivity index (χ1) is 12.0. The highest BCUT2D eigenvalue weighted by molar-refractivity contribution is 8.01. The zero-order chi connectivity index (χ0) is 18.0. The third-order valence-electron chi connectivity index (χ3n) is 5.03. The lowest BCUT2D eigenvalue weighted by atomic mass is 9.93. The summed E-state index contributed by atoms with van der Waals surface area (Å²) in [5.74, 6) is 0.253. The Morgan fingerprint density at radius 1 is 1.32 bits per heavy atom. The van der Waals surface area contributed by atoms with Crippen molar-refractivity contribution in [2.24, 2.45) is 0 Å². The first kappa shape index (κ1) is 18.3. The molecule has 0 N–H and O–H groups in total. The minimum Gasteiger partial charge on any atom is -0.346 e. The van der Waals surface area contributed by atoms with E-state index in [1.807, 2.05) is 0 Å². The minimum atomic E-state index is -0.0714. The van der Waals surface area contributed by atoms with Gasteiger partial charge in [-0.05, 0) is 58.0 Å². The van der Waals surface area contributed by atoms with Gasteiger partial charge in [-0.1, -0.05) is 37.3 Å². The molecule has 3 atom stereocenters. The molecule has 3 nitrogen and oxygen atoms in total. The predicted octanol–water partition coefficient (Wildman–Crippen LogP) is 4.50. The van der Waals surface area contributed by atoms with Crippen LogP contribution in [0.15, 0.2) is 53.0 Å².